The highest BCUT2D eigenvalue weighted by atomic mass is 32.1. The fraction of sp³-hybridized carbons (Fsp3) is 0.231. The molecule has 34 heavy (non-hydrogen) atoms. The Morgan fingerprint density at radius 3 is 2.44 bits per heavy atom. The molecule has 0 saturated carbocycles. The van der Waals surface area contributed by atoms with Crippen LogP contribution in [0.1, 0.15) is 51.9 Å². The van der Waals surface area contributed by atoms with Crippen molar-refractivity contribution >= 4 is 50.6 Å². The van der Waals surface area contributed by atoms with E-state index in [1.807, 2.05) is 37.3 Å². The predicted molar refractivity (Wildman–Crippen MR) is 139 cm³/mol. The molecule has 0 radical (unpaired) electrons. The minimum atomic E-state index is -0.265. The second-order valence-corrected chi connectivity index (χ2v) is 10.0. The third-order valence-corrected chi connectivity index (χ3v) is 6.60. The van der Waals surface area contributed by atoms with Gasteiger partial charge in [0.2, 0.25) is 0 Å². The first kappa shape index (κ1) is 23.4. The number of nitrogens with zero attached hydrogens (tertiary/aromatic N) is 2. The maximum absolute atomic E-state index is 13.1. The summed E-state index contributed by atoms with van der Waals surface area (Å²) in [6.45, 7) is 8.24. The number of nitrogens with one attached hydrogen (secondary N) is 3. The third-order valence-electron chi connectivity index (χ3n) is 5.52. The molecule has 2 amide bonds. The van der Waals surface area contributed by atoms with E-state index in [9.17, 15) is 9.59 Å². The Hall–Kier alpha value is -3.78. The van der Waals surface area contributed by atoms with Gasteiger partial charge in [0.25, 0.3) is 11.8 Å². The summed E-state index contributed by atoms with van der Waals surface area (Å²) in [7, 11) is 1.75. The zero-order chi connectivity index (χ0) is 24.5. The van der Waals surface area contributed by atoms with Crippen molar-refractivity contribution in [3.63, 3.8) is 0 Å². The van der Waals surface area contributed by atoms with Gasteiger partial charge >= 0.3 is 0 Å². The number of fused-ring (bicyclic) bond motifs is 1. The summed E-state index contributed by atoms with van der Waals surface area (Å²) in [5.74, 6) is -0.468. The van der Waals surface area contributed by atoms with Crippen LogP contribution in [-0.4, -0.2) is 28.8 Å². The molecule has 4 rings (SSSR count). The van der Waals surface area contributed by atoms with Gasteiger partial charge < -0.3 is 16.0 Å². The molecule has 174 valence electrons. The number of amides is 2. The van der Waals surface area contributed by atoms with Crippen LogP contribution in [0, 0.1) is 6.92 Å². The number of benzene rings is 2. The first-order valence-electron chi connectivity index (χ1n) is 10.9. The predicted octanol–water partition coefficient (Wildman–Crippen LogP) is 5.84. The lowest BCUT2D eigenvalue weighted by atomic mass is 9.86. The van der Waals surface area contributed by atoms with Crippen LogP contribution in [0.2, 0.25) is 0 Å². The third kappa shape index (κ3) is 4.77. The Bertz CT molecular complexity index is 1390. The van der Waals surface area contributed by atoms with E-state index in [0.29, 0.717) is 37.8 Å². The molecular weight excluding hydrogens is 446 g/mol. The van der Waals surface area contributed by atoms with Gasteiger partial charge in [0.05, 0.1) is 5.69 Å². The molecule has 2 aromatic heterocycles. The molecule has 2 heterocycles. The van der Waals surface area contributed by atoms with Gasteiger partial charge in [0.1, 0.15) is 15.2 Å². The Labute approximate surface area is 202 Å². The van der Waals surface area contributed by atoms with Crippen LogP contribution >= 0.6 is 11.3 Å². The number of thiophene rings is 1. The van der Waals surface area contributed by atoms with Gasteiger partial charge in [-0.25, -0.2) is 9.97 Å². The van der Waals surface area contributed by atoms with E-state index >= 15 is 0 Å². The van der Waals surface area contributed by atoms with Crippen LogP contribution < -0.4 is 16.0 Å². The smallest absolute Gasteiger partial charge is 0.268 e. The Kier molecular flexibility index (Phi) is 6.34. The van der Waals surface area contributed by atoms with Crippen LogP contribution in [0.4, 0.5) is 17.1 Å². The van der Waals surface area contributed by atoms with Gasteiger partial charge in [-0.3, -0.25) is 9.59 Å². The number of aryl methyl sites for hydroxylation is 1. The second kappa shape index (κ2) is 9.23. The van der Waals surface area contributed by atoms with E-state index in [2.05, 4.69) is 46.7 Å². The van der Waals surface area contributed by atoms with Crippen molar-refractivity contribution in [1.29, 1.82) is 0 Å². The molecule has 7 nitrogen and oxygen atoms in total. The van der Waals surface area contributed by atoms with Crippen molar-refractivity contribution < 1.29 is 9.59 Å². The van der Waals surface area contributed by atoms with Crippen LogP contribution in [-0.2, 0) is 5.41 Å². The first-order valence-corrected chi connectivity index (χ1v) is 11.7. The Morgan fingerprint density at radius 2 is 1.71 bits per heavy atom. The second-order valence-electron chi connectivity index (χ2n) is 9.04. The van der Waals surface area contributed by atoms with Crippen LogP contribution in [0.15, 0.2) is 54.9 Å². The summed E-state index contributed by atoms with van der Waals surface area (Å²) >= 11 is 1.28. The zero-order valence-corrected chi connectivity index (χ0v) is 20.6. The lowest BCUT2D eigenvalue weighted by molar-refractivity contribution is 0.102. The summed E-state index contributed by atoms with van der Waals surface area (Å²) in [6.07, 6.45) is 3.21. The lowest BCUT2D eigenvalue weighted by Crippen LogP contribution is -2.16. The van der Waals surface area contributed by atoms with E-state index in [4.69, 9.17) is 0 Å². The molecule has 3 N–H and O–H groups in total. The Balaban J connectivity index is 1.56. The van der Waals surface area contributed by atoms with E-state index in [1.54, 1.807) is 31.6 Å². The number of rotatable bonds is 5. The number of hydrogen-bond donors (Lipinski definition) is 3. The molecular formula is C26H27N5O2S. The summed E-state index contributed by atoms with van der Waals surface area (Å²) in [5, 5.41) is 8.97. The largest absolute Gasteiger partial charge is 0.385 e. The minimum Gasteiger partial charge on any atom is -0.385 e. The molecule has 8 heteroatoms. The molecule has 0 fully saturated rings. The van der Waals surface area contributed by atoms with Gasteiger partial charge in [0.15, 0.2) is 0 Å². The SMILES string of the molecule is CNc1c(C(=O)Nc2cc(NC(=O)c3cccc(C(C)(C)C)c3)ccc2C)sc2nccnc12. The Morgan fingerprint density at radius 1 is 0.941 bits per heavy atom. The number of aromatic nitrogens is 2. The minimum absolute atomic E-state index is 0.0541. The molecule has 2 aromatic carbocycles. The first-order chi connectivity index (χ1) is 16.2. The van der Waals surface area contributed by atoms with Gasteiger partial charge in [-0.15, -0.1) is 11.3 Å². The lowest BCUT2D eigenvalue weighted by Gasteiger charge is -2.19. The fourth-order valence-electron chi connectivity index (χ4n) is 3.56. The van der Waals surface area contributed by atoms with Gasteiger partial charge in [-0.05, 0) is 47.7 Å². The molecule has 0 aliphatic heterocycles. The molecule has 0 unspecified atom stereocenters. The molecule has 0 atom stereocenters. The quantitative estimate of drug-likeness (QED) is 0.338. The van der Waals surface area contributed by atoms with E-state index in [1.165, 1.54) is 11.3 Å². The highest BCUT2D eigenvalue weighted by molar-refractivity contribution is 7.21. The van der Waals surface area contributed by atoms with Gasteiger partial charge in [-0.2, -0.15) is 0 Å². The average molecular weight is 474 g/mol. The molecule has 4 aromatic rings. The zero-order valence-electron chi connectivity index (χ0n) is 19.8. The van der Waals surface area contributed by atoms with Crippen molar-refractivity contribution in [1.82, 2.24) is 9.97 Å². The maximum atomic E-state index is 13.1. The van der Waals surface area contributed by atoms with E-state index < -0.39 is 0 Å². The van der Waals surface area contributed by atoms with E-state index in [0.717, 1.165) is 11.1 Å². The molecule has 0 aliphatic rings. The highest BCUT2D eigenvalue weighted by Crippen LogP contribution is 2.34. The normalized spacial score (nSPS) is 11.3. The molecule has 0 bridgehead atoms. The van der Waals surface area contributed by atoms with Gasteiger partial charge in [0, 0.05) is 36.4 Å². The van der Waals surface area contributed by atoms with Crippen molar-refractivity contribution in [3.8, 4) is 0 Å². The topological polar surface area (TPSA) is 96.0 Å². The van der Waals surface area contributed by atoms with Crippen molar-refractivity contribution in [2.45, 2.75) is 33.1 Å². The summed E-state index contributed by atoms with van der Waals surface area (Å²) in [5.41, 5.74) is 5.02. The van der Waals surface area contributed by atoms with Crippen LogP contribution in [0.25, 0.3) is 10.3 Å². The van der Waals surface area contributed by atoms with Crippen LogP contribution in [0.5, 0.6) is 0 Å². The average Bonchev–Trinajstić information content (AvgIpc) is 3.19. The fourth-order valence-corrected chi connectivity index (χ4v) is 4.57. The highest BCUT2D eigenvalue weighted by Gasteiger charge is 2.20. The summed E-state index contributed by atoms with van der Waals surface area (Å²) < 4.78 is 0. The number of carbonyl (C=O) groups excluding carboxylic acids is 2. The van der Waals surface area contributed by atoms with Crippen LogP contribution in [0.3, 0.4) is 0 Å². The van der Waals surface area contributed by atoms with E-state index in [-0.39, 0.29) is 17.2 Å². The van der Waals surface area contributed by atoms with Crippen molar-refractivity contribution in [2.75, 3.05) is 23.0 Å². The summed E-state index contributed by atoms with van der Waals surface area (Å²) in [6, 6.07) is 13.1. The monoisotopic (exact) mass is 473 g/mol. The standard InChI is InChI=1S/C26H27N5O2S/c1-15-9-10-18(30-23(32)16-7-6-8-17(13-16)26(2,3)4)14-19(15)31-24(33)22-20(27-5)21-25(34-22)29-12-11-28-21/h6-14,27H,1-5H3,(H,30,32)(H,31,33). The van der Waals surface area contributed by atoms with Gasteiger partial charge in [-0.1, -0.05) is 39.0 Å². The van der Waals surface area contributed by atoms with Crippen molar-refractivity contribution in [2.24, 2.45) is 0 Å². The maximum Gasteiger partial charge on any atom is 0.268 e. The number of hydrogen-bond acceptors (Lipinski definition) is 6. The number of anilines is 3. The molecule has 0 saturated heterocycles. The molecule has 0 aliphatic carbocycles. The number of carbonyl (C=O) groups is 2. The summed E-state index contributed by atoms with van der Waals surface area (Å²) in [4.78, 5) is 35.8. The van der Waals surface area contributed by atoms with Crippen molar-refractivity contribution in [3.05, 3.63) is 76.4 Å². The molecule has 0 spiro atoms.